The smallest absolute Gasteiger partial charge is 0.294 e. The van der Waals surface area contributed by atoms with E-state index in [1.54, 1.807) is 12.1 Å². The molecule has 212 valence electrons. The van der Waals surface area contributed by atoms with E-state index in [9.17, 15) is 14.7 Å². The Morgan fingerprint density at radius 2 is 1.73 bits per heavy atom. The molecule has 2 atom stereocenters. The fourth-order valence-electron chi connectivity index (χ4n) is 6.44. The number of hydrogen-bond acceptors (Lipinski definition) is 5. The molecule has 0 unspecified atom stereocenters. The lowest BCUT2D eigenvalue weighted by atomic mass is 9.88. The molecule has 5 rings (SSSR count). The van der Waals surface area contributed by atoms with Crippen LogP contribution in [0.1, 0.15) is 78.7 Å². The van der Waals surface area contributed by atoms with Crippen molar-refractivity contribution in [2.24, 2.45) is 0 Å². The van der Waals surface area contributed by atoms with Gasteiger partial charge < -0.3 is 19.3 Å². The van der Waals surface area contributed by atoms with E-state index in [0.29, 0.717) is 24.8 Å². The zero-order valence-corrected chi connectivity index (χ0v) is 23.9. The zero-order valence-electron chi connectivity index (χ0n) is 23.9. The lowest BCUT2D eigenvalue weighted by Gasteiger charge is -2.44. The van der Waals surface area contributed by atoms with Crippen molar-refractivity contribution in [3.8, 4) is 0 Å². The molecule has 1 aliphatic carbocycles. The van der Waals surface area contributed by atoms with Gasteiger partial charge in [0.05, 0.1) is 25.5 Å². The third-order valence-corrected chi connectivity index (χ3v) is 8.47. The third-order valence-electron chi connectivity index (χ3n) is 8.47. The predicted molar refractivity (Wildman–Crippen MR) is 158 cm³/mol. The number of amides is 2. The van der Waals surface area contributed by atoms with Crippen LogP contribution in [0.2, 0.25) is 0 Å². The molecular formula is C33H41N3O4. The average molecular weight is 544 g/mol. The molecule has 1 saturated carbocycles. The van der Waals surface area contributed by atoms with Crippen LogP contribution in [0.4, 0.5) is 11.4 Å². The van der Waals surface area contributed by atoms with Gasteiger partial charge >= 0.3 is 0 Å². The largest absolute Gasteiger partial charge is 0.459 e. The maximum Gasteiger partial charge on any atom is 0.294 e. The molecule has 0 radical (unpaired) electrons. The van der Waals surface area contributed by atoms with Crippen LogP contribution in [0.15, 0.2) is 65.3 Å². The standard InChI is InChI=1S/C33H41N3O4/c1-23-11-14-27(15-12-23)36(32(38)22-34(17-18-37)26-8-5-4-6-9-26)30-21-25(3)35(33(39)31-10-7-19-40-31)29-16-13-24(2)20-28(29)30/h7,10-16,19-20,25-26,30,37H,4-6,8-9,17-18,21-22H2,1-3H3/t25-,30+/m1/s1. The van der Waals surface area contributed by atoms with E-state index in [1.165, 1.54) is 12.7 Å². The minimum absolute atomic E-state index is 0.0124. The number of nitrogens with zero attached hydrogens (tertiary/aromatic N) is 3. The summed E-state index contributed by atoms with van der Waals surface area (Å²) in [6.07, 6.45) is 7.78. The first kappa shape index (κ1) is 28.1. The van der Waals surface area contributed by atoms with E-state index in [1.807, 2.05) is 67.0 Å². The summed E-state index contributed by atoms with van der Waals surface area (Å²) < 4.78 is 5.47. The van der Waals surface area contributed by atoms with Crippen molar-refractivity contribution in [2.75, 3.05) is 29.5 Å². The van der Waals surface area contributed by atoms with E-state index >= 15 is 0 Å². The lowest BCUT2D eigenvalue weighted by molar-refractivity contribution is -0.121. The molecule has 0 bridgehead atoms. The summed E-state index contributed by atoms with van der Waals surface area (Å²) in [6, 6.07) is 17.6. The number of fused-ring (bicyclic) bond motifs is 1. The first-order valence-corrected chi connectivity index (χ1v) is 14.6. The van der Waals surface area contributed by atoms with Crippen molar-refractivity contribution >= 4 is 23.2 Å². The summed E-state index contributed by atoms with van der Waals surface area (Å²) in [6.45, 7) is 6.88. The van der Waals surface area contributed by atoms with Gasteiger partial charge in [-0.2, -0.15) is 0 Å². The summed E-state index contributed by atoms with van der Waals surface area (Å²) >= 11 is 0. The highest BCUT2D eigenvalue weighted by molar-refractivity contribution is 6.06. The van der Waals surface area contributed by atoms with E-state index in [2.05, 4.69) is 11.0 Å². The van der Waals surface area contributed by atoms with Crippen LogP contribution in [0.3, 0.4) is 0 Å². The van der Waals surface area contributed by atoms with Gasteiger partial charge in [0.2, 0.25) is 5.91 Å². The number of aliphatic hydroxyl groups is 1. The Labute approximate surface area is 237 Å². The Balaban J connectivity index is 1.54. The number of rotatable bonds is 8. The predicted octanol–water partition coefficient (Wildman–Crippen LogP) is 6.04. The number of anilines is 2. The number of aliphatic hydroxyl groups excluding tert-OH is 1. The molecule has 2 heterocycles. The van der Waals surface area contributed by atoms with Crippen LogP contribution in [-0.2, 0) is 4.79 Å². The van der Waals surface area contributed by atoms with E-state index in [4.69, 9.17) is 4.42 Å². The molecule has 1 N–H and O–H groups in total. The molecule has 1 fully saturated rings. The molecule has 2 amide bonds. The maximum absolute atomic E-state index is 14.4. The van der Waals surface area contributed by atoms with Gasteiger partial charge in [-0.05, 0) is 75.9 Å². The van der Waals surface area contributed by atoms with Gasteiger partial charge in [-0.15, -0.1) is 0 Å². The van der Waals surface area contributed by atoms with Gasteiger partial charge in [-0.3, -0.25) is 14.5 Å². The Hall–Kier alpha value is -3.42. The molecule has 1 aliphatic heterocycles. The highest BCUT2D eigenvalue weighted by Gasteiger charge is 2.40. The molecule has 1 aromatic heterocycles. The first-order chi connectivity index (χ1) is 19.4. The number of furan rings is 1. The number of benzene rings is 2. The summed E-state index contributed by atoms with van der Waals surface area (Å²) in [5.74, 6) is 0.134. The highest BCUT2D eigenvalue weighted by atomic mass is 16.3. The number of hydrogen-bond donors (Lipinski definition) is 1. The van der Waals surface area contributed by atoms with Crippen LogP contribution in [0, 0.1) is 13.8 Å². The highest BCUT2D eigenvalue weighted by Crippen LogP contribution is 2.43. The van der Waals surface area contributed by atoms with Crippen molar-refractivity contribution in [1.29, 1.82) is 0 Å². The second kappa shape index (κ2) is 12.4. The molecule has 7 nitrogen and oxygen atoms in total. The van der Waals surface area contributed by atoms with E-state index in [-0.39, 0.29) is 37.0 Å². The average Bonchev–Trinajstić information content (AvgIpc) is 3.50. The van der Waals surface area contributed by atoms with Crippen molar-refractivity contribution in [2.45, 2.75) is 77.4 Å². The number of carbonyl (C=O) groups is 2. The van der Waals surface area contributed by atoms with Crippen molar-refractivity contribution in [1.82, 2.24) is 4.90 Å². The second-order valence-electron chi connectivity index (χ2n) is 11.4. The normalized spacial score (nSPS) is 19.5. The quantitative estimate of drug-likeness (QED) is 0.375. The summed E-state index contributed by atoms with van der Waals surface area (Å²) in [5.41, 5.74) is 4.81. The molecular weight excluding hydrogens is 502 g/mol. The summed E-state index contributed by atoms with van der Waals surface area (Å²) in [4.78, 5) is 33.8. The van der Waals surface area contributed by atoms with Crippen molar-refractivity contribution in [3.63, 3.8) is 0 Å². The fourth-order valence-corrected chi connectivity index (χ4v) is 6.44. The fraction of sp³-hybridized carbons (Fsp3) is 0.455. The summed E-state index contributed by atoms with van der Waals surface area (Å²) in [7, 11) is 0. The minimum atomic E-state index is -0.247. The van der Waals surface area contributed by atoms with E-state index in [0.717, 1.165) is 53.7 Å². The monoisotopic (exact) mass is 543 g/mol. The lowest BCUT2D eigenvalue weighted by Crippen LogP contribution is -2.51. The Bertz CT molecular complexity index is 1300. The van der Waals surface area contributed by atoms with Crippen LogP contribution in [-0.4, -0.2) is 53.6 Å². The van der Waals surface area contributed by atoms with Gasteiger partial charge in [0.1, 0.15) is 0 Å². The second-order valence-corrected chi connectivity index (χ2v) is 11.4. The molecule has 7 heteroatoms. The van der Waals surface area contributed by atoms with Gasteiger partial charge in [0.25, 0.3) is 5.91 Å². The molecule has 40 heavy (non-hydrogen) atoms. The Morgan fingerprint density at radius 1 is 1.00 bits per heavy atom. The number of aryl methyl sites for hydroxylation is 2. The van der Waals surface area contributed by atoms with Gasteiger partial charge in [0, 0.05) is 30.0 Å². The van der Waals surface area contributed by atoms with Crippen LogP contribution in [0.25, 0.3) is 0 Å². The Kier molecular flexibility index (Phi) is 8.72. The van der Waals surface area contributed by atoms with Gasteiger partial charge in [0.15, 0.2) is 5.76 Å². The Morgan fingerprint density at radius 3 is 2.40 bits per heavy atom. The van der Waals surface area contributed by atoms with Gasteiger partial charge in [-0.25, -0.2) is 0 Å². The topological polar surface area (TPSA) is 77.2 Å². The maximum atomic E-state index is 14.4. The zero-order chi connectivity index (χ0) is 28.2. The van der Waals surface area contributed by atoms with E-state index < -0.39 is 0 Å². The van der Waals surface area contributed by atoms with Crippen LogP contribution < -0.4 is 9.80 Å². The third kappa shape index (κ3) is 5.86. The molecule has 0 spiro atoms. The summed E-state index contributed by atoms with van der Waals surface area (Å²) in [5, 5.41) is 9.86. The molecule has 2 aliphatic rings. The van der Waals surface area contributed by atoms with Crippen LogP contribution >= 0.6 is 0 Å². The molecule has 0 saturated heterocycles. The van der Waals surface area contributed by atoms with Crippen molar-refractivity contribution < 1.29 is 19.1 Å². The number of carbonyl (C=O) groups excluding carboxylic acids is 2. The minimum Gasteiger partial charge on any atom is -0.459 e. The van der Waals surface area contributed by atoms with Gasteiger partial charge in [-0.1, -0.05) is 54.7 Å². The van der Waals surface area contributed by atoms with Crippen LogP contribution in [0.5, 0.6) is 0 Å². The first-order valence-electron chi connectivity index (χ1n) is 14.6. The molecule has 2 aromatic carbocycles. The van der Waals surface area contributed by atoms with Crippen molar-refractivity contribution in [3.05, 3.63) is 83.3 Å². The molecule has 3 aromatic rings. The SMILES string of the molecule is Cc1ccc(N(C(=O)CN(CCO)C2CCCCC2)[C@H]2C[C@@H](C)N(C(=O)c3ccco3)c3ccc(C)cc32)cc1.